The van der Waals surface area contributed by atoms with Gasteiger partial charge in [-0.05, 0) is 74.8 Å². The second-order valence-corrected chi connectivity index (χ2v) is 11.4. The smallest absolute Gasteiger partial charge is 0.277 e. The third-order valence-corrected chi connectivity index (χ3v) is 8.36. The Hall–Kier alpha value is -3.85. The summed E-state index contributed by atoms with van der Waals surface area (Å²) in [4.78, 5) is 35.4. The van der Waals surface area contributed by atoms with Gasteiger partial charge in [0, 0.05) is 63.1 Å². The Kier molecular flexibility index (Phi) is 8.23. The van der Waals surface area contributed by atoms with Crippen LogP contribution in [-0.2, 0) is 4.74 Å². The van der Waals surface area contributed by atoms with Gasteiger partial charge in [-0.3, -0.25) is 9.59 Å². The number of piperazine rings is 1. The molecule has 0 bridgehead atoms. The molecule has 0 radical (unpaired) electrons. The average molecular weight is 558 g/mol. The van der Waals surface area contributed by atoms with Crippen LogP contribution in [0.25, 0.3) is 0 Å². The number of para-hydroxylation sites is 1. The molecular weight excluding hydrogens is 518 g/mol. The molecule has 1 aromatic heterocycles. The molecule has 3 heterocycles. The van der Waals surface area contributed by atoms with Gasteiger partial charge in [-0.15, -0.1) is 0 Å². The van der Waals surface area contributed by atoms with Crippen molar-refractivity contribution in [2.24, 2.45) is 5.92 Å². The summed E-state index contributed by atoms with van der Waals surface area (Å²) < 4.78 is 11.0. The van der Waals surface area contributed by atoms with Gasteiger partial charge in [0.15, 0.2) is 11.6 Å². The van der Waals surface area contributed by atoms with E-state index < -0.39 is 0 Å². The third kappa shape index (κ3) is 6.56. The summed E-state index contributed by atoms with van der Waals surface area (Å²) in [6.45, 7) is 7.73. The highest BCUT2D eigenvalue weighted by atomic mass is 16.5. The summed E-state index contributed by atoms with van der Waals surface area (Å²) in [5, 5.41) is 6.08. The topological polar surface area (TPSA) is 99.9 Å². The number of carbonyl (C=O) groups is 2. The minimum atomic E-state index is -0.336. The molecule has 2 aromatic carbocycles. The van der Waals surface area contributed by atoms with Gasteiger partial charge in [-0.25, -0.2) is 4.98 Å². The summed E-state index contributed by atoms with van der Waals surface area (Å²) in [6.07, 6.45) is 6.59. The van der Waals surface area contributed by atoms with Gasteiger partial charge in [0.05, 0.1) is 11.4 Å². The summed E-state index contributed by atoms with van der Waals surface area (Å²) in [6, 6.07) is 14.0. The van der Waals surface area contributed by atoms with Crippen LogP contribution in [0.3, 0.4) is 0 Å². The lowest BCUT2D eigenvalue weighted by Crippen LogP contribution is -2.47. The van der Waals surface area contributed by atoms with Crippen molar-refractivity contribution in [1.29, 1.82) is 0 Å². The molecule has 1 atom stereocenters. The SMILES string of the molecule is Cc1ccccc1N1CCN(c2ccc(C(=O)NCCCC3CCOC3)cc2NC(=O)c2coc(C3CC3)n2)CC1. The molecule has 9 heteroatoms. The zero-order valence-corrected chi connectivity index (χ0v) is 23.7. The minimum Gasteiger partial charge on any atom is -0.448 e. The largest absolute Gasteiger partial charge is 0.448 e. The first-order valence-corrected chi connectivity index (χ1v) is 14.9. The molecule has 6 rings (SSSR count). The summed E-state index contributed by atoms with van der Waals surface area (Å²) >= 11 is 0. The Morgan fingerprint density at radius 1 is 0.976 bits per heavy atom. The number of aromatic nitrogens is 1. The standard InChI is InChI=1S/C32H39N5O4/c1-22-5-2-3-7-28(22)36-14-16-37(17-15-36)29-11-10-25(30(38)33-13-4-6-23-12-18-40-20-23)19-26(29)34-31(39)27-21-41-32(35-27)24-8-9-24/h2-3,5,7,10-11,19,21,23-24H,4,6,8-9,12-18,20H2,1H3,(H,33,38)(H,34,39). The highest BCUT2D eigenvalue weighted by Crippen LogP contribution is 2.39. The number of amides is 2. The number of benzene rings is 2. The predicted octanol–water partition coefficient (Wildman–Crippen LogP) is 4.99. The summed E-state index contributed by atoms with van der Waals surface area (Å²) in [5.74, 6) is 1.06. The van der Waals surface area contributed by atoms with Crippen molar-refractivity contribution in [2.45, 2.75) is 44.9 Å². The van der Waals surface area contributed by atoms with E-state index >= 15 is 0 Å². The van der Waals surface area contributed by atoms with E-state index in [1.807, 2.05) is 12.1 Å². The monoisotopic (exact) mass is 557 g/mol. The minimum absolute atomic E-state index is 0.142. The molecule has 2 amide bonds. The fourth-order valence-corrected chi connectivity index (χ4v) is 5.76. The zero-order valence-electron chi connectivity index (χ0n) is 23.7. The van der Waals surface area contributed by atoms with E-state index in [0.29, 0.717) is 35.5 Å². The molecule has 41 heavy (non-hydrogen) atoms. The van der Waals surface area contributed by atoms with Crippen molar-refractivity contribution in [3.63, 3.8) is 0 Å². The first-order valence-electron chi connectivity index (χ1n) is 14.9. The normalized spacial score (nSPS) is 18.9. The maximum absolute atomic E-state index is 13.2. The molecule has 1 aliphatic carbocycles. The van der Waals surface area contributed by atoms with E-state index in [-0.39, 0.29) is 17.5 Å². The number of rotatable bonds is 10. The molecule has 1 saturated carbocycles. The molecule has 2 saturated heterocycles. The molecular formula is C32H39N5O4. The molecule has 3 aromatic rings. The number of ether oxygens (including phenoxy) is 1. The van der Waals surface area contributed by atoms with Gasteiger partial charge >= 0.3 is 0 Å². The molecule has 0 spiro atoms. The number of nitrogens with zero attached hydrogens (tertiary/aromatic N) is 3. The Bertz CT molecular complexity index is 1370. The first kappa shape index (κ1) is 27.3. The summed E-state index contributed by atoms with van der Waals surface area (Å²) in [7, 11) is 0. The van der Waals surface area contributed by atoms with E-state index in [9.17, 15) is 9.59 Å². The summed E-state index contributed by atoms with van der Waals surface area (Å²) in [5.41, 5.74) is 4.79. The second-order valence-electron chi connectivity index (χ2n) is 11.4. The Morgan fingerprint density at radius 3 is 2.49 bits per heavy atom. The Labute approximate surface area is 241 Å². The highest BCUT2D eigenvalue weighted by molar-refractivity contribution is 6.06. The van der Waals surface area contributed by atoms with Crippen LogP contribution >= 0.6 is 0 Å². The van der Waals surface area contributed by atoms with Crippen LogP contribution in [-0.4, -0.2) is 62.7 Å². The highest BCUT2D eigenvalue weighted by Gasteiger charge is 2.30. The Morgan fingerprint density at radius 2 is 1.76 bits per heavy atom. The predicted molar refractivity (Wildman–Crippen MR) is 159 cm³/mol. The van der Waals surface area contributed by atoms with E-state index in [2.05, 4.69) is 56.6 Å². The van der Waals surface area contributed by atoms with Gasteiger partial charge < -0.3 is 29.6 Å². The van der Waals surface area contributed by atoms with Crippen molar-refractivity contribution in [3.05, 3.63) is 71.4 Å². The molecule has 3 aliphatic rings. The van der Waals surface area contributed by atoms with Crippen molar-refractivity contribution in [1.82, 2.24) is 10.3 Å². The van der Waals surface area contributed by atoms with Gasteiger partial charge in [0.25, 0.3) is 11.8 Å². The molecule has 1 unspecified atom stereocenters. The lowest BCUT2D eigenvalue weighted by molar-refractivity contribution is 0.0950. The van der Waals surface area contributed by atoms with Gasteiger partial charge in [0.1, 0.15) is 6.26 Å². The lowest BCUT2D eigenvalue weighted by Gasteiger charge is -2.38. The maximum atomic E-state index is 13.2. The average Bonchev–Trinajstić information content (AvgIpc) is 3.48. The number of hydrogen-bond acceptors (Lipinski definition) is 7. The van der Waals surface area contributed by atoms with Crippen LogP contribution in [0.15, 0.2) is 53.1 Å². The fraction of sp³-hybridized carbons (Fsp3) is 0.469. The number of anilines is 3. The lowest BCUT2D eigenvalue weighted by atomic mass is 10.0. The van der Waals surface area contributed by atoms with E-state index in [1.54, 1.807) is 6.07 Å². The van der Waals surface area contributed by atoms with Crippen LogP contribution in [0.5, 0.6) is 0 Å². The van der Waals surface area contributed by atoms with Crippen molar-refractivity contribution >= 4 is 28.9 Å². The van der Waals surface area contributed by atoms with Crippen LogP contribution < -0.4 is 20.4 Å². The Balaban J connectivity index is 1.15. The molecule has 216 valence electrons. The van der Waals surface area contributed by atoms with Crippen molar-refractivity contribution < 1.29 is 18.7 Å². The van der Waals surface area contributed by atoms with Crippen LogP contribution in [0.2, 0.25) is 0 Å². The van der Waals surface area contributed by atoms with Gasteiger partial charge in [-0.1, -0.05) is 18.2 Å². The maximum Gasteiger partial charge on any atom is 0.277 e. The van der Waals surface area contributed by atoms with Crippen LogP contribution in [0.1, 0.15) is 70.3 Å². The fourth-order valence-electron chi connectivity index (χ4n) is 5.76. The zero-order chi connectivity index (χ0) is 28.2. The number of hydrogen-bond donors (Lipinski definition) is 2. The first-order chi connectivity index (χ1) is 20.0. The van der Waals surface area contributed by atoms with Crippen LogP contribution in [0, 0.1) is 12.8 Å². The number of aryl methyl sites for hydroxylation is 1. The third-order valence-electron chi connectivity index (χ3n) is 8.36. The number of oxazole rings is 1. The molecule has 2 aliphatic heterocycles. The van der Waals surface area contributed by atoms with Gasteiger partial charge in [0.2, 0.25) is 0 Å². The quantitative estimate of drug-likeness (QED) is 0.339. The number of carbonyl (C=O) groups excluding carboxylic acids is 2. The number of nitrogens with one attached hydrogen (secondary N) is 2. The van der Waals surface area contributed by atoms with Gasteiger partial charge in [-0.2, -0.15) is 0 Å². The van der Waals surface area contributed by atoms with E-state index in [1.165, 1.54) is 17.5 Å². The van der Waals surface area contributed by atoms with E-state index in [0.717, 1.165) is 77.2 Å². The van der Waals surface area contributed by atoms with E-state index in [4.69, 9.17) is 9.15 Å². The van der Waals surface area contributed by atoms with Crippen molar-refractivity contribution in [2.75, 3.05) is 61.1 Å². The molecule has 9 nitrogen and oxygen atoms in total. The van der Waals surface area contributed by atoms with Crippen molar-refractivity contribution in [3.8, 4) is 0 Å². The second kappa shape index (κ2) is 12.3. The van der Waals surface area contributed by atoms with Crippen LogP contribution in [0.4, 0.5) is 17.1 Å². The molecule has 3 fully saturated rings. The molecule has 2 N–H and O–H groups in total.